The number of rotatable bonds is 5. The van der Waals surface area contributed by atoms with Crippen molar-refractivity contribution >= 4 is 17.4 Å². The molecule has 1 saturated heterocycles. The van der Waals surface area contributed by atoms with E-state index in [0.29, 0.717) is 5.56 Å². The minimum Gasteiger partial charge on any atom is -0.383 e. The average Bonchev–Trinajstić information content (AvgIpc) is 3.49. The molecule has 2 aromatic heterocycles. The van der Waals surface area contributed by atoms with Crippen LogP contribution in [-0.4, -0.2) is 43.2 Å². The Morgan fingerprint density at radius 1 is 1.03 bits per heavy atom. The Morgan fingerprint density at radius 3 is 2.59 bits per heavy atom. The van der Waals surface area contributed by atoms with E-state index in [-0.39, 0.29) is 22.4 Å². The van der Waals surface area contributed by atoms with E-state index in [4.69, 9.17) is 17.3 Å². The summed E-state index contributed by atoms with van der Waals surface area (Å²) in [6.07, 6.45) is 4.26. The largest absolute Gasteiger partial charge is 0.383 e. The summed E-state index contributed by atoms with van der Waals surface area (Å²) < 4.78 is 15.9. The molecule has 1 aliphatic heterocycles. The Labute approximate surface area is 189 Å². The number of likely N-dealkylation sites (tertiary alicyclic amines) is 1. The monoisotopic (exact) mass is 449 g/mol. The topological polar surface area (TPSA) is 85.8 Å². The molecule has 2 aromatic carbocycles. The highest BCUT2D eigenvalue weighted by molar-refractivity contribution is 6.30. The van der Waals surface area contributed by atoms with Crippen molar-refractivity contribution in [3.63, 3.8) is 0 Å². The maximum absolute atomic E-state index is 14.6. The minimum absolute atomic E-state index is 0.0159. The molecule has 7 nitrogen and oxygen atoms in total. The van der Waals surface area contributed by atoms with Gasteiger partial charge in [-0.2, -0.15) is 4.68 Å². The van der Waals surface area contributed by atoms with Crippen LogP contribution in [0.4, 0.5) is 10.2 Å². The van der Waals surface area contributed by atoms with Gasteiger partial charge in [0.05, 0.1) is 10.6 Å². The number of nitrogens with two attached hydrogens (primary N) is 1. The first kappa shape index (κ1) is 20.5. The number of pyridine rings is 1. The molecule has 2 N–H and O–H groups in total. The van der Waals surface area contributed by atoms with Gasteiger partial charge in [-0.1, -0.05) is 41.9 Å². The summed E-state index contributed by atoms with van der Waals surface area (Å²) in [6.45, 7) is 3.29. The molecule has 5 rings (SSSR count). The molecule has 3 heterocycles. The zero-order valence-electron chi connectivity index (χ0n) is 17.2. The van der Waals surface area contributed by atoms with Crippen LogP contribution >= 0.6 is 11.6 Å². The molecule has 0 saturated carbocycles. The second-order valence-electron chi connectivity index (χ2n) is 7.82. The number of tetrazole rings is 1. The Hall–Kier alpha value is -3.36. The lowest BCUT2D eigenvalue weighted by Gasteiger charge is -2.15. The predicted octanol–water partition coefficient (Wildman–Crippen LogP) is 4.36. The van der Waals surface area contributed by atoms with Crippen LogP contribution in [0.2, 0.25) is 5.02 Å². The van der Waals surface area contributed by atoms with Gasteiger partial charge in [-0.3, -0.25) is 4.90 Å². The van der Waals surface area contributed by atoms with Gasteiger partial charge >= 0.3 is 0 Å². The summed E-state index contributed by atoms with van der Waals surface area (Å²) in [5.74, 6) is -0.0828. The van der Waals surface area contributed by atoms with E-state index in [1.54, 1.807) is 18.3 Å². The van der Waals surface area contributed by atoms with Crippen LogP contribution in [0.5, 0.6) is 0 Å². The Kier molecular flexibility index (Phi) is 5.55. The number of halogens is 2. The lowest BCUT2D eigenvalue weighted by molar-refractivity contribution is 0.331. The van der Waals surface area contributed by atoms with Gasteiger partial charge in [0.15, 0.2) is 11.6 Å². The summed E-state index contributed by atoms with van der Waals surface area (Å²) in [7, 11) is 0. The van der Waals surface area contributed by atoms with E-state index in [9.17, 15) is 4.39 Å². The fourth-order valence-corrected chi connectivity index (χ4v) is 4.16. The second-order valence-corrected chi connectivity index (χ2v) is 8.23. The molecule has 4 aromatic rings. The first-order valence-electron chi connectivity index (χ1n) is 10.4. The number of nitrogen functional groups attached to an aromatic ring is 1. The molecule has 32 heavy (non-hydrogen) atoms. The van der Waals surface area contributed by atoms with Crippen LogP contribution in [0.25, 0.3) is 28.2 Å². The molecule has 1 aliphatic rings. The Balaban J connectivity index is 1.48. The van der Waals surface area contributed by atoms with Crippen molar-refractivity contribution in [1.82, 2.24) is 30.1 Å². The van der Waals surface area contributed by atoms with E-state index in [2.05, 4.69) is 49.7 Å². The maximum atomic E-state index is 14.6. The molecule has 0 aliphatic carbocycles. The van der Waals surface area contributed by atoms with Gasteiger partial charge in [0.1, 0.15) is 11.5 Å². The van der Waals surface area contributed by atoms with Crippen LogP contribution < -0.4 is 5.73 Å². The zero-order chi connectivity index (χ0) is 22.1. The Morgan fingerprint density at radius 2 is 1.81 bits per heavy atom. The second kappa shape index (κ2) is 8.64. The van der Waals surface area contributed by atoms with E-state index >= 15 is 0 Å². The van der Waals surface area contributed by atoms with Crippen LogP contribution in [0, 0.1) is 5.82 Å². The smallest absolute Gasteiger partial charge is 0.190 e. The van der Waals surface area contributed by atoms with Gasteiger partial charge in [0, 0.05) is 18.3 Å². The van der Waals surface area contributed by atoms with E-state index in [0.717, 1.165) is 30.8 Å². The van der Waals surface area contributed by atoms with Crippen molar-refractivity contribution in [2.75, 3.05) is 18.8 Å². The number of benzene rings is 2. The minimum atomic E-state index is -0.612. The normalized spacial score (nSPS) is 14.2. The van der Waals surface area contributed by atoms with Crippen molar-refractivity contribution in [3.05, 3.63) is 71.1 Å². The molecule has 0 unspecified atom stereocenters. The zero-order valence-corrected chi connectivity index (χ0v) is 18.0. The molecule has 0 bridgehead atoms. The van der Waals surface area contributed by atoms with Gasteiger partial charge in [-0.25, -0.2) is 9.37 Å². The highest BCUT2D eigenvalue weighted by atomic mass is 35.5. The third kappa shape index (κ3) is 3.94. The molecular weight excluding hydrogens is 429 g/mol. The summed E-state index contributed by atoms with van der Waals surface area (Å²) in [6, 6.07) is 14.9. The van der Waals surface area contributed by atoms with Crippen molar-refractivity contribution in [3.8, 4) is 28.2 Å². The Bertz CT molecular complexity index is 1250. The van der Waals surface area contributed by atoms with Gasteiger partial charge in [0.2, 0.25) is 0 Å². The molecule has 9 heteroatoms. The average molecular weight is 450 g/mol. The molecule has 0 spiro atoms. The number of hydrogen-bond acceptors (Lipinski definition) is 6. The number of nitrogens with zero attached hydrogens (tertiary/aromatic N) is 6. The quantitative estimate of drug-likeness (QED) is 0.487. The fourth-order valence-electron chi connectivity index (χ4n) is 3.99. The van der Waals surface area contributed by atoms with Crippen molar-refractivity contribution in [1.29, 1.82) is 0 Å². The first-order valence-corrected chi connectivity index (χ1v) is 10.8. The van der Waals surface area contributed by atoms with Crippen LogP contribution in [0.3, 0.4) is 0 Å². The molecule has 0 amide bonds. The number of hydrogen-bond donors (Lipinski definition) is 1. The van der Waals surface area contributed by atoms with E-state index in [1.165, 1.54) is 29.2 Å². The van der Waals surface area contributed by atoms with Crippen molar-refractivity contribution < 1.29 is 4.39 Å². The first-order chi connectivity index (χ1) is 15.6. The summed E-state index contributed by atoms with van der Waals surface area (Å²) in [5, 5.41) is 11.7. The van der Waals surface area contributed by atoms with Gasteiger partial charge < -0.3 is 5.73 Å². The lowest BCUT2D eigenvalue weighted by Crippen LogP contribution is -2.18. The summed E-state index contributed by atoms with van der Waals surface area (Å²) in [4.78, 5) is 6.80. The number of aromatic nitrogens is 5. The predicted molar refractivity (Wildman–Crippen MR) is 122 cm³/mol. The van der Waals surface area contributed by atoms with Gasteiger partial charge in [-0.05, 0) is 65.7 Å². The highest BCUT2D eigenvalue weighted by Gasteiger charge is 2.19. The van der Waals surface area contributed by atoms with Crippen molar-refractivity contribution in [2.45, 2.75) is 19.4 Å². The van der Waals surface area contributed by atoms with Crippen LogP contribution in [0.15, 0.2) is 54.7 Å². The lowest BCUT2D eigenvalue weighted by atomic mass is 10.0. The molecule has 1 fully saturated rings. The third-order valence-corrected chi connectivity index (χ3v) is 5.97. The molecular formula is C23H21ClFN7. The van der Waals surface area contributed by atoms with Crippen LogP contribution in [0.1, 0.15) is 18.4 Å². The third-order valence-electron chi connectivity index (χ3n) is 5.68. The molecule has 162 valence electrons. The van der Waals surface area contributed by atoms with Crippen molar-refractivity contribution in [2.24, 2.45) is 0 Å². The van der Waals surface area contributed by atoms with E-state index < -0.39 is 5.82 Å². The summed E-state index contributed by atoms with van der Waals surface area (Å²) in [5.41, 5.74) is 9.92. The maximum Gasteiger partial charge on any atom is 0.190 e. The van der Waals surface area contributed by atoms with Gasteiger partial charge in [-0.15, -0.1) is 5.10 Å². The van der Waals surface area contributed by atoms with E-state index in [1.807, 2.05) is 6.07 Å². The highest BCUT2D eigenvalue weighted by Crippen LogP contribution is 2.31. The van der Waals surface area contributed by atoms with Crippen LogP contribution in [-0.2, 0) is 6.54 Å². The molecule has 0 atom stereocenters. The standard InChI is InChI=1S/C23H21ClFN7/c24-19-4-3-5-20(21(19)25)32-23(28-29-30-32)18-12-17(13-27-22(18)26)16-8-6-15(7-9-16)14-31-10-1-2-11-31/h3-9,12-13H,1-2,10-11,14H2,(H2,26,27). The fraction of sp³-hybridized carbons (Fsp3) is 0.217. The summed E-state index contributed by atoms with van der Waals surface area (Å²) >= 11 is 5.93. The SMILES string of the molecule is Nc1ncc(-c2ccc(CN3CCCC3)cc2)cc1-c1nnnn1-c1cccc(Cl)c1F. The van der Waals surface area contributed by atoms with Gasteiger partial charge in [0.25, 0.3) is 0 Å². The number of anilines is 1. The molecule has 0 radical (unpaired) electrons.